The van der Waals surface area contributed by atoms with E-state index in [0.717, 1.165) is 18.3 Å². The molecule has 3 aliphatic rings. The van der Waals surface area contributed by atoms with Crippen molar-refractivity contribution in [2.24, 2.45) is 4.99 Å². The average Bonchev–Trinajstić information content (AvgIpc) is 2.88. The summed E-state index contributed by atoms with van der Waals surface area (Å²) < 4.78 is 5.26. The Hall–Kier alpha value is -0.750. The molecule has 6 heteroatoms. The highest BCUT2D eigenvalue weighted by atomic mass is 32.2. The molecule has 1 aliphatic carbocycles. The Balaban J connectivity index is 1.45. The van der Waals surface area contributed by atoms with Gasteiger partial charge < -0.3 is 15.0 Å². The van der Waals surface area contributed by atoms with Crippen molar-refractivity contribution in [2.45, 2.75) is 37.8 Å². The van der Waals surface area contributed by atoms with Crippen LogP contribution in [0.1, 0.15) is 25.7 Å². The Morgan fingerprint density at radius 3 is 2.95 bits per heavy atom. The Bertz CT molecular complexity index is 369. The van der Waals surface area contributed by atoms with Gasteiger partial charge in [0.2, 0.25) is 5.91 Å². The third-order valence-electron chi connectivity index (χ3n) is 4.02. The Morgan fingerprint density at radius 1 is 1.37 bits per heavy atom. The van der Waals surface area contributed by atoms with Gasteiger partial charge in [-0.05, 0) is 12.8 Å². The predicted octanol–water partition coefficient (Wildman–Crippen LogP) is 0.849. The summed E-state index contributed by atoms with van der Waals surface area (Å²) in [6.07, 6.45) is 5.00. The second-order valence-corrected chi connectivity index (χ2v) is 6.28. The molecule has 2 aliphatic heterocycles. The van der Waals surface area contributed by atoms with Crippen LogP contribution in [-0.4, -0.2) is 60.1 Å². The molecule has 1 amide bonds. The molecule has 19 heavy (non-hydrogen) atoms. The molecule has 0 aromatic heterocycles. The number of hydrogen-bond acceptors (Lipinski definition) is 5. The molecule has 0 aromatic rings. The minimum Gasteiger partial charge on any atom is -0.378 e. The fraction of sp³-hybridized carbons (Fsp3) is 0.846. The van der Waals surface area contributed by atoms with Crippen molar-refractivity contribution in [2.75, 3.05) is 32.1 Å². The lowest BCUT2D eigenvalue weighted by Crippen LogP contribution is -2.42. The van der Waals surface area contributed by atoms with Crippen LogP contribution < -0.4 is 5.32 Å². The van der Waals surface area contributed by atoms with Crippen molar-refractivity contribution in [3.8, 4) is 0 Å². The van der Waals surface area contributed by atoms with Crippen molar-refractivity contribution in [3.63, 3.8) is 0 Å². The molecule has 106 valence electrons. The second-order valence-electron chi connectivity index (χ2n) is 5.32. The van der Waals surface area contributed by atoms with Crippen LogP contribution >= 0.6 is 11.8 Å². The smallest absolute Gasteiger partial charge is 0.233 e. The van der Waals surface area contributed by atoms with Crippen molar-refractivity contribution < 1.29 is 9.53 Å². The van der Waals surface area contributed by atoms with Gasteiger partial charge in [-0.2, -0.15) is 0 Å². The Labute approximate surface area is 118 Å². The normalized spacial score (nSPS) is 30.5. The number of thioether (sulfide) groups is 1. The minimum atomic E-state index is 0.202. The summed E-state index contributed by atoms with van der Waals surface area (Å²) in [4.78, 5) is 18.6. The number of fused-ring (bicyclic) bond motifs is 1. The van der Waals surface area contributed by atoms with E-state index in [2.05, 4.69) is 5.32 Å². The molecular formula is C13H21N3O2S. The first kappa shape index (κ1) is 13.2. The molecule has 2 fully saturated rings. The van der Waals surface area contributed by atoms with Crippen molar-refractivity contribution >= 4 is 22.8 Å². The number of ether oxygens (including phenoxy) is 1. The predicted molar refractivity (Wildman–Crippen MR) is 76.5 cm³/mol. The van der Waals surface area contributed by atoms with Crippen molar-refractivity contribution in [1.29, 1.82) is 0 Å². The second kappa shape index (κ2) is 6.13. The minimum absolute atomic E-state index is 0.202. The summed E-state index contributed by atoms with van der Waals surface area (Å²) in [5.41, 5.74) is 0. The third kappa shape index (κ3) is 3.23. The van der Waals surface area contributed by atoms with Gasteiger partial charge in [0, 0.05) is 13.1 Å². The number of morpholine rings is 1. The first-order chi connectivity index (χ1) is 9.33. The molecule has 5 nitrogen and oxygen atoms in total. The lowest BCUT2D eigenvalue weighted by Gasteiger charge is -2.26. The summed E-state index contributed by atoms with van der Waals surface area (Å²) in [5, 5.41) is 4.44. The lowest BCUT2D eigenvalue weighted by molar-refractivity contribution is -0.132. The number of carbonyl (C=O) groups excluding carboxylic acids is 1. The highest BCUT2D eigenvalue weighted by Gasteiger charge is 2.31. The van der Waals surface area contributed by atoms with Gasteiger partial charge >= 0.3 is 0 Å². The molecule has 2 heterocycles. The zero-order chi connectivity index (χ0) is 13.1. The zero-order valence-electron chi connectivity index (χ0n) is 11.1. The van der Waals surface area contributed by atoms with Crippen LogP contribution in [0.25, 0.3) is 0 Å². The van der Waals surface area contributed by atoms with Crippen molar-refractivity contribution in [3.05, 3.63) is 0 Å². The first-order valence-electron chi connectivity index (χ1n) is 7.15. The fourth-order valence-electron chi connectivity index (χ4n) is 2.89. The number of amides is 1. The Kier molecular flexibility index (Phi) is 4.28. The van der Waals surface area contributed by atoms with E-state index in [9.17, 15) is 4.79 Å². The monoisotopic (exact) mass is 283 g/mol. The van der Waals surface area contributed by atoms with Gasteiger partial charge in [-0.15, -0.1) is 0 Å². The standard InChI is InChI=1S/C13H21N3O2S/c17-12(16-5-7-18-8-6-16)9-19-13-14-10-3-1-2-4-11(10)15-13/h10-11H,1-9H2,(H,14,15). The molecule has 3 rings (SSSR count). The zero-order valence-corrected chi connectivity index (χ0v) is 12.0. The maximum atomic E-state index is 12.0. The van der Waals surface area contributed by atoms with Crippen LogP contribution in [0.4, 0.5) is 0 Å². The molecule has 0 bridgehead atoms. The lowest BCUT2D eigenvalue weighted by atomic mass is 9.92. The first-order valence-corrected chi connectivity index (χ1v) is 8.14. The molecule has 0 aromatic carbocycles. The van der Waals surface area contributed by atoms with Crippen LogP contribution in [0.15, 0.2) is 4.99 Å². The maximum Gasteiger partial charge on any atom is 0.233 e. The highest BCUT2D eigenvalue weighted by molar-refractivity contribution is 8.14. The van der Waals surface area contributed by atoms with Crippen LogP contribution in [0.2, 0.25) is 0 Å². The summed E-state index contributed by atoms with van der Waals surface area (Å²) in [5.74, 6) is 0.693. The van der Waals surface area contributed by atoms with Crippen LogP contribution in [0.5, 0.6) is 0 Å². The van der Waals surface area contributed by atoms with Crippen LogP contribution in [0.3, 0.4) is 0 Å². The molecule has 1 saturated heterocycles. The number of hydrogen-bond donors (Lipinski definition) is 1. The van der Waals surface area contributed by atoms with E-state index < -0.39 is 0 Å². The molecule has 1 saturated carbocycles. The Morgan fingerprint density at radius 2 is 2.16 bits per heavy atom. The number of aliphatic imine (C=N–C) groups is 1. The maximum absolute atomic E-state index is 12.0. The van der Waals surface area contributed by atoms with Gasteiger partial charge in [-0.1, -0.05) is 24.6 Å². The number of nitrogens with zero attached hydrogens (tertiary/aromatic N) is 2. The number of carbonyl (C=O) groups is 1. The van der Waals surface area contributed by atoms with Crippen molar-refractivity contribution in [1.82, 2.24) is 10.2 Å². The fourth-order valence-corrected chi connectivity index (χ4v) is 3.78. The van der Waals surface area contributed by atoms with Gasteiger partial charge in [0.1, 0.15) is 0 Å². The topological polar surface area (TPSA) is 53.9 Å². The highest BCUT2D eigenvalue weighted by Crippen LogP contribution is 2.27. The summed E-state index contributed by atoms with van der Waals surface area (Å²) >= 11 is 1.56. The molecule has 2 unspecified atom stereocenters. The third-order valence-corrected chi connectivity index (χ3v) is 4.91. The molecule has 0 spiro atoms. The molecular weight excluding hydrogens is 262 g/mol. The quantitative estimate of drug-likeness (QED) is 0.816. The van der Waals surface area contributed by atoms with Gasteiger partial charge in [-0.3, -0.25) is 9.79 Å². The van der Waals surface area contributed by atoms with Gasteiger partial charge in [-0.25, -0.2) is 0 Å². The summed E-state index contributed by atoms with van der Waals surface area (Å²) in [7, 11) is 0. The van der Waals surface area contributed by atoms with Gasteiger partial charge in [0.25, 0.3) is 0 Å². The average molecular weight is 283 g/mol. The largest absolute Gasteiger partial charge is 0.378 e. The van der Waals surface area contributed by atoms with E-state index >= 15 is 0 Å². The molecule has 2 atom stereocenters. The summed E-state index contributed by atoms with van der Waals surface area (Å²) in [6.45, 7) is 2.79. The van der Waals surface area contributed by atoms with Crippen LogP contribution in [0, 0.1) is 0 Å². The SMILES string of the molecule is O=C(CSC1=NC2CCCCC2N1)N1CCOCC1. The van der Waals surface area contributed by atoms with E-state index in [0.29, 0.717) is 31.1 Å². The van der Waals surface area contributed by atoms with E-state index in [1.807, 2.05) is 4.90 Å². The van der Waals surface area contributed by atoms with E-state index in [1.54, 1.807) is 11.8 Å². The van der Waals surface area contributed by atoms with Crippen LogP contribution in [-0.2, 0) is 9.53 Å². The van der Waals surface area contributed by atoms with E-state index in [-0.39, 0.29) is 5.91 Å². The molecule has 1 N–H and O–H groups in total. The number of nitrogens with one attached hydrogen (secondary N) is 1. The van der Waals surface area contributed by atoms with Gasteiger partial charge in [0.05, 0.1) is 31.1 Å². The van der Waals surface area contributed by atoms with Gasteiger partial charge in [0.15, 0.2) is 5.17 Å². The molecule has 0 radical (unpaired) electrons. The number of amidine groups is 1. The number of rotatable bonds is 2. The summed E-state index contributed by atoms with van der Waals surface area (Å²) in [6, 6.07) is 0.976. The van der Waals surface area contributed by atoms with E-state index in [1.165, 1.54) is 25.7 Å². The van der Waals surface area contributed by atoms with E-state index in [4.69, 9.17) is 9.73 Å².